The van der Waals surface area contributed by atoms with E-state index in [1.807, 2.05) is 44.2 Å². The lowest BCUT2D eigenvalue weighted by Crippen LogP contribution is -2.13. The van der Waals surface area contributed by atoms with Crippen molar-refractivity contribution < 1.29 is 9.18 Å². The maximum absolute atomic E-state index is 13.4. The lowest BCUT2D eigenvalue weighted by Gasteiger charge is -2.09. The number of nitrogens with one attached hydrogen (secondary N) is 1. The van der Waals surface area contributed by atoms with Crippen molar-refractivity contribution in [3.05, 3.63) is 88.0 Å². The van der Waals surface area contributed by atoms with Crippen LogP contribution in [0.1, 0.15) is 27.3 Å². The van der Waals surface area contributed by atoms with E-state index < -0.39 is 5.82 Å². The number of rotatable bonds is 4. The van der Waals surface area contributed by atoms with Crippen molar-refractivity contribution in [2.24, 2.45) is 0 Å². The Morgan fingerprint density at radius 1 is 1.14 bits per heavy atom. The van der Waals surface area contributed by atoms with Crippen LogP contribution in [0.5, 0.6) is 0 Å². The van der Waals surface area contributed by atoms with Gasteiger partial charge in [-0.25, -0.2) is 14.1 Å². The minimum atomic E-state index is -0.537. The highest BCUT2D eigenvalue weighted by Gasteiger charge is 2.19. The van der Waals surface area contributed by atoms with Crippen LogP contribution in [0.3, 0.4) is 0 Å². The van der Waals surface area contributed by atoms with Gasteiger partial charge in [-0.05, 0) is 43.7 Å². The first kappa shape index (κ1) is 19.1. The summed E-state index contributed by atoms with van der Waals surface area (Å²) in [5.74, 6) is -0.865. The highest BCUT2D eigenvalue weighted by Crippen LogP contribution is 2.25. The second-order valence-corrected chi connectivity index (χ2v) is 7.23. The summed E-state index contributed by atoms with van der Waals surface area (Å²) < 4.78 is 15.2. The van der Waals surface area contributed by atoms with E-state index in [0.717, 1.165) is 5.56 Å². The number of aromatic nitrogens is 3. The lowest BCUT2D eigenvalue weighted by atomic mass is 10.1. The molecule has 0 bridgehead atoms. The molecule has 29 heavy (non-hydrogen) atoms. The number of anilines is 1. The van der Waals surface area contributed by atoms with Gasteiger partial charge in [0.1, 0.15) is 5.82 Å². The average molecular weight is 409 g/mol. The number of fused-ring (bicyclic) bond motifs is 1. The van der Waals surface area contributed by atoms with E-state index in [1.54, 1.807) is 10.7 Å². The molecule has 0 spiro atoms. The van der Waals surface area contributed by atoms with Crippen LogP contribution in [0.4, 0.5) is 10.1 Å². The molecule has 0 aliphatic rings. The molecule has 1 amide bonds. The van der Waals surface area contributed by atoms with E-state index in [2.05, 4.69) is 15.4 Å². The number of amides is 1. The Morgan fingerprint density at radius 2 is 1.90 bits per heavy atom. The maximum Gasteiger partial charge on any atom is 0.256 e. The molecule has 7 heteroatoms. The largest absolute Gasteiger partial charge is 0.322 e. The third kappa shape index (κ3) is 3.84. The SMILES string of the molecule is Cc1cc(C(=O)Nc2ccc(F)c(Cl)c2)c2c(C)nn(Cc3ccccc3)c2n1. The molecule has 0 atom stereocenters. The molecule has 5 nitrogen and oxygen atoms in total. The molecule has 0 saturated carbocycles. The maximum atomic E-state index is 13.4. The molecule has 0 radical (unpaired) electrons. The summed E-state index contributed by atoms with van der Waals surface area (Å²) in [5, 5.41) is 8.02. The Hall–Kier alpha value is -3.25. The van der Waals surface area contributed by atoms with Gasteiger partial charge in [-0.2, -0.15) is 5.10 Å². The number of carbonyl (C=O) groups is 1. The first-order valence-electron chi connectivity index (χ1n) is 9.07. The zero-order chi connectivity index (χ0) is 20.5. The fraction of sp³-hybridized carbons (Fsp3) is 0.136. The van der Waals surface area contributed by atoms with E-state index in [1.165, 1.54) is 18.2 Å². The van der Waals surface area contributed by atoms with Gasteiger partial charge in [0.2, 0.25) is 0 Å². The van der Waals surface area contributed by atoms with E-state index >= 15 is 0 Å². The molecule has 2 aromatic heterocycles. The number of nitrogens with zero attached hydrogens (tertiary/aromatic N) is 3. The van der Waals surface area contributed by atoms with Gasteiger partial charge in [0, 0.05) is 11.4 Å². The molecule has 4 rings (SSSR count). The first-order chi connectivity index (χ1) is 13.9. The van der Waals surface area contributed by atoms with E-state index in [9.17, 15) is 9.18 Å². The third-order valence-electron chi connectivity index (χ3n) is 4.60. The number of halogens is 2. The highest BCUT2D eigenvalue weighted by molar-refractivity contribution is 6.31. The average Bonchev–Trinajstić information content (AvgIpc) is 3.00. The zero-order valence-electron chi connectivity index (χ0n) is 15.9. The number of hydrogen-bond acceptors (Lipinski definition) is 3. The van der Waals surface area contributed by atoms with Gasteiger partial charge in [-0.3, -0.25) is 4.79 Å². The van der Waals surface area contributed by atoms with Crippen LogP contribution in [-0.2, 0) is 6.54 Å². The van der Waals surface area contributed by atoms with Crippen LogP contribution in [0, 0.1) is 19.7 Å². The van der Waals surface area contributed by atoms with Crippen LogP contribution in [0.25, 0.3) is 11.0 Å². The summed E-state index contributed by atoms with van der Waals surface area (Å²) in [6.45, 7) is 4.24. The fourth-order valence-electron chi connectivity index (χ4n) is 3.30. The molecule has 0 saturated heterocycles. The van der Waals surface area contributed by atoms with Crippen LogP contribution in [0.2, 0.25) is 5.02 Å². The molecule has 1 N–H and O–H groups in total. The molecular formula is C22H18ClFN4O. The van der Waals surface area contributed by atoms with E-state index in [-0.39, 0.29) is 10.9 Å². The predicted molar refractivity (Wildman–Crippen MR) is 112 cm³/mol. The second-order valence-electron chi connectivity index (χ2n) is 6.82. The predicted octanol–water partition coefficient (Wildman–Crippen LogP) is 5.14. The topological polar surface area (TPSA) is 59.8 Å². The van der Waals surface area contributed by atoms with E-state index in [0.29, 0.717) is 40.2 Å². The molecular weight excluding hydrogens is 391 g/mol. The molecule has 0 aliphatic carbocycles. The normalized spacial score (nSPS) is 11.0. The number of pyridine rings is 1. The Bertz CT molecular complexity index is 1220. The van der Waals surface area contributed by atoms with Crippen molar-refractivity contribution in [2.45, 2.75) is 20.4 Å². The van der Waals surface area contributed by atoms with Crippen LogP contribution >= 0.6 is 11.6 Å². The van der Waals surface area contributed by atoms with Gasteiger partial charge in [-0.15, -0.1) is 0 Å². The number of carbonyl (C=O) groups excluding carboxylic acids is 1. The monoisotopic (exact) mass is 408 g/mol. The summed E-state index contributed by atoms with van der Waals surface area (Å²) in [6, 6.07) is 15.7. The molecule has 0 aliphatic heterocycles. The zero-order valence-corrected chi connectivity index (χ0v) is 16.7. The van der Waals surface area contributed by atoms with Crippen LogP contribution in [-0.4, -0.2) is 20.7 Å². The summed E-state index contributed by atoms with van der Waals surface area (Å²) in [4.78, 5) is 17.6. The van der Waals surface area contributed by atoms with Gasteiger partial charge >= 0.3 is 0 Å². The van der Waals surface area contributed by atoms with E-state index in [4.69, 9.17) is 11.6 Å². The van der Waals surface area contributed by atoms with Crippen molar-refractivity contribution >= 4 is 34.2 Å². The fourth-order valence-corrected chi connectivity index (χ4v) is 3.48. The van der Waals surface area contributed by atoms with Gasteiger partial charge < -0.3 is 5.32 Å². The summed E-state index contributed by atoms with van der Waals surface area (Å²) in [6.07, 6.45) is 0. The Kier molecular flexibility index (Phi) is 5.03. The third-order valence-corrected chi connectivity index (χ3v) is 4.89. The number of benzene rings is 2. The summed E-state index contributed by atoms with van der Waals surface area (Å²) >= 11 is 5.82. The van der Waals surface area contributed by atoms with Gasteiger partial charge in [0.05, 0.1) is 28.2 Å². The molecule has 0 fully saturated rings. The lowest BCUT2D eigenvalue weighted by molar-refractivity contribution is 0.102. The Labute approximate surface area is 172 Å². The Morgan fingerprint density at radius 3 is 2.62 bits per heavy atom. The number of hydrogen-bond donors (Lipinski definition) is 1. The quantitative estimate of drug-likeness (QED) is 0.508. The van der Waals surface area contributed by atoms with Crippen LogP contribution < -0.4 is 5.32 Å². The standard InChI is InChI=1S/C22H18ClFN4O/c1-13-10-17(22(29)26-16-8-9-19(24)18(23)11-16)20-14(2)27-28(21(20)25-13)12-15-6-4-3-5-7-15/h3-11H,12H2,1-2H3,(H,26,29). The second kappa shape index (κ2) is 7.64. The molecule has 2 heterocycles. The van der Waals surface area contributed by atoms with Crippen molar-refractivity contribution in [3.63, 3.8) is 0 Å². The molecule has 0 unspecified atom stereocenters. The molecule has 2 aromatic carbocycles. The molecule has 146 valence electrons. The summed E-state index contributed by atoms with van der Waals surface area (Å²) in [7, 11) is 0. The van der Waals surface area contributed by atoms with Crippen molar-refractivity contribution in [1.82, 2.24) is 14.8 Å². The van der Waals surface area contributed by atoms with Crippen molar-refractivity contribution in [1.29, 1.82) is 0 Å². The van der Waals surface area contributed by atoms with Gasteiger partial charge in [-0.1, -0.05) is 41.9 Å². The smallest absolute Gasteiger partial charge is 0.256 e. The minimum absolute atomic E-state index is 0.0503. The summed E-state index contributed by atoms with van der Waals surface area (Å²) in [5.41, 5.74) is 4.03. The molecule has 4 aromatic rings. The minimum Gasteiger partial charge on any atom is -0.322 e. The van der Waals surface area contributed by atoms with Gasteiger partial charge in [0.25, 0.3) is 5.91 Å². The van der Waals surface area contributed by atoms with Gasteiger partial charge in [0.15, 0.2) is 5.65 Å². The number of aryl methyl sites for hydroxylation is 2. The Balaban J connectivity index is 1.74. The van der Waals surface area contributed by atoms with Crippen molar-refractivity contribution in [2.75, 3.05) is 5.32 Å². The van der Waals surface area contributed by atoms with Crippen LogP contribution in [0.15, 0.2) is 54.6 Å². The first-order valence-corrected chi connectivity index (χ1v) is 9.45. The van der Waals surface area contributed by atoms with Crippen molar-refractivity contribution in [3.8, 4) is 0 Å². The highest BCUT2D eigenvalue weighted by atomic mass is 35.5.